The normalized spacial score (nSPS) is 10.9. The second kappa shape index (κ2) is 5.87. The number of hydrogen-bond donors (Lipinski definition) is 1. The zero-order chi connectivity index (χ0) is 13.8. The molecule has 1 amide bonds. The van der Waals surface area contributed by atoms with Crippen molar-refractivity contribution < 1.29 is 14.3 Å². The maximum atomic E-state index is 12.0. The number of carbonyl (C=O) groups is 2. The van der Waals surface area contributed by atoms with Crippen molar-refractivity contribution in [2.24, 2.45) is 0 Å². The van der Waals surface area contributed by atoms with Crippen molar-refractivity contribution in [2.75, 3.05) is 13.7 Å². The number of benzene rings is 1. The Morgan fingerprint density at radius 3 is 2.33 bits per heavy atom. The number of halogens is 1. The van der Waals surface area contributed by atoms with Crippen molar-refractivity contribution in [3.05, 3.63) is 34.9 Å². The topological polar surface area (TPSA) is 55.4 Å². The van der Waals surface area contributed by atoms with E-state index in [2.05, 4.69) is 10.1 Å². The summed E-state index contributed by atoms with van der Waals surface area (Å²) >= 11 is 5.80. The van der Waals surface area contributed by atoms with E-state index in [0.29, 0.717) is 5.02 Å². The van der Waals surface area contributed by atoms with E-state index in [1.54, 1.807) is 38.1 Å². The number of esters is 1. The third kappa shape index (κ3) is 3.47. The molecule has 0 bridgehead atoms. The highest BCUT2D eigenvalue weighted by molar-refractivity contribution is 6.30. The van der Waals surface area contributed by atoms with Crippen LogP contribution >= 0.6 is 11.6 Å². The van der Waals surface area contributed by atoms with Crippen LogP contribution in [0.5, 0.6) is 0 Å². The molecule has 0 saturated heterocycles. The molecule has 0 spiro atoms. The molecule has 0 aliphatic rings. The molecule has 18 heavy (non-hydrogen) atoms. The fourth-order valence-corrected chi connectivity index (χ4v) is 1.57. The van der Waals surface area contributed by atoms with Crippen LogP contribution in [-0.2, 0) is 19.7 Å². The van der Waals surface area contributed by atoms with Crippen LogP contribution in [0.2, 0.25) is 5.02 Å². The van der Waals surface area contributed by atoms with Crippen molar-refractivity contribution in [2.45, 2.75) is 19.3 Å². The fraction of sp³-hybridized carbons (Fsp3) is 0.385. The quantitative estimate of drug-likeness (QED) is 0.850. The van der Waals surface area contributed by atoms with Gasteiger partial charge in [-0.2, -0.15) is 0 Å². The van der Waals surface area contributed by atoms with Gasteiger partial charge < -0.3 is 10.1 Å². The summed E-state index contributed by atoms with van der Waals surface area (Å²) in [4.78, 5) is 23.0. The summed E-state index contributed by atoms with van der Waals surface area (Å²) in [5.41, 5.74) is 0.0905. The highest BCUT2D eigenvalue weighted by Gasteiger charge is 2.29. The molecule has 1 aromatic rings. The van der Waals surface area contributed by atoms with Gasteiger partial charge in [-0.3, -0.25) is 9.59 Å². The molecule has 1 N–H and O–H groups in total. The Labute approximate surface area is 111 Å². The first-order valence-corrected chi connectivity index (χ1v) is 5.87. The highest BCUT2D eigenvalue weighted by atomic mass is 35.5. The number of methoxy groups -OCH3 is 1. The first kappa shape index (κ1) is 14.5. The van der Waals surface area contributed by atoms with Gasteiger partial charge in [0.05, 0.1) is 12.5 Å². The second-order valence-electron chi connectivity index (χ2n) is 4.39. The van der Waals surface area contributed by atoms with E-state index in [1.807, 2.05) is 0 Å². The molecule has 0 heterocycles. The van der Waals surface area contributed by atoms with E-state index >= 15 is 0 Å². The van der Waals surface area contributed by atoms with Crippen molar-refractivity contribution >= 4 is 23.5 Å². The molecule has 0 unspecified atom stereocenters. The van der Waals surface area contributed by atoms with Crippen molar-refractivity contribution in [3.63, 3.8) is 0 Å². The maximum Gasteiger partial charge on any atom is 0.325 e. The summed E-state index contributed by atoms with van der Waals surface area (Å²) in [6, 6.07) is 7.04. The van der Waals surface area contributed by atoms with E-state index in [1.165, 1.54) is 7.11 Å². The molecular weight excluding hydrogens is 254 g/mol. The van der Waals surface area contributed by atoms with Crippen molar-refractivity contribution in [1.29, 1.82) is 0 Å². The number of hydrogen-bond acceptors (Lipinski definition) is 3. The molecular formula is C13H16ClNO3. The third-order valence-corrected chi connectivity index (χ3v) is 3.01. The molecule has 5 heteroatoms. The lowest BCUT2D eigenvalue weighted by molar-refractivity contribution is -0.141. The van der Waals surface area contributed by atoms with Gasteiger partial charge in [0.25, 0.3) is 0 Å². The molecule has 0 aliphatic carbocycles. The van der Waals surface area contributed by atoms with Gasteiger partial charge in [-0.15, -0.1) is 0 Å². The van der Waals surface area contributed by atoms with Crippen LogP contribution < -0.4 is 5.32 Å². The van der Waals surface area contributed by atoms with Gasteiger partial charge >= 0.3 is 5.97 Å². The highest BCUT2D eigenvalue weighted by Crippen LogP contribution is 2.24. The van der Waals surface area contributed by atoms with Crippen molar-refractivity contribution in [3.8, 4) is 0 Å². The number of carbonyl (C=O) groups excluding carboxylic acids is 2. The molecule has 0 atom stereocenters. The third-order valence-electron chi connectivity index (χ3n) is 2.75. The number of amides is 1. The van der Waals surface area contributed by atoms with Gasteiger partial charge in [-0.25, -0.2) is 0 Å². The lowest BCUT2D eigenvalue weighted by Gasteiger charge is -2.23. The van der Waals surface area contributed by atoms with Crippen LogP contribution in [0.25, 0.3) is 0 Å². The van der Waals surface area contributed by atoms with Gasteiger partial charge in [0.2, 0.25) is 5.91 Å². The molecule has 0 radical (unpaired) electrons. The molecule has 0 aromatic heterocycles. The van der Waals surface area contributed by atoms with E-state index in [4.69, 9.17) is 11.6 Å². The second-order valence-corrected chi connectivity index (χ2v) is 4.83. The monoisotopic (exact) mass is 269 g/mol. The first-order valence-electron chi connectivity index (χ1n) is 5.49. The average Bonchev–Trinajstić information content (AvgIpc) is 2.35. The van der Waals surface area contributed by atoms with Crippen LogP contribution in [0, 0.1) is 0 Å². The van der Waals surface area contributed by atoms with E-state index in [0.717, 1.165) is 5.56 Å². The predicted octanol–water partition coefficient (Wildman–Crippen LogP) is 1.91. The van der Waals surface area contributed by atoms with E-state index in [-0.39, 0.29) is 12.5 Å². The van der Waals surface area contributed by atoms with Gasteiger partial charge in [0, 0.05) is 5.02 Å². The minimum Gasteiger partial charge on any atom is -0.468 e. The first-order chi connectivity index (χ1) is 8.37. The number of nitrogens with one attached hydrogen (secondary N) is 1. The Balaban J connectivity index is 2.76. The van der Waals surface area contributed by atoms with E-state index in [9.17, 15) is 9.59 Å². The Morgan fingerprint density at radius 1 is 1.28 bits per heavy atom. The fourth-order valence-electron chi connectivity index (χ4n) is 1.44. The summed E-state index contributed by atoms with van der Waals surface area (Å²) in [7, 11) is 1.28. The summed E-state index contributed by atoms with van der Waals surface area (Å²) in [5.74, 6) is -0.717. The zero-order valence-electron chi connectivity index (χ0n) is 10.6. The molecule has 0 fully saturated rings. The summed E-state index contributed by atoms with van der Waals surface area (Å²) < 4.78 is 4.46. The smallest absolute Gasteiger partial charge is 0.325 e. The maximum absolute atomic E-state index is 12.0. The minimum atomic E-state index is -0.737. The lowest BCUT2D eigenvalue weighted by atomic mass is 9.84. The average molecular weight is 270 g/mol. The van der Waals surface area contributed by atoms with Crippen LogP contribution in [-0.4, -0.2) is 25.5 Å². The minimum absolute atomic E-state index is 0.133. The SMILES string of the molecule is COC(=O)CNC(=O)C(C)(C)c1ccc(Cl)cc1. The molecule has 1 rings (SSSR count). The van der Waals surface area contributed by atoms with Gasteiger partial charge in [0.1, 0.15) is 6.54 Å². The van der Waals surface area contributed by atoms with Crippen LogP contribution in [0.15, 0.2) is 24.3 Å². The van der Waals surface area contributed by atoms with Crippen LogP contribution in [0.3, 0.4) is 0 Å². The largest absolute Gasteiger partial charge is 0.468 e. The summed E-state index contributed by atoms with van der Waals surface area (Å²) in [6.07, 6.45) is 0. The summed E-state index contributed by atoms with van der Waals surface area (Å²) in [6.45, 7) is 3.43. The molecule has 0 saturated carbocycles. The predicted molar refractivity (Wildman–Crippen MR) is 69.5 cm³/mol. The molecule has 1 aromatic carbocycles. The molecule has 4 nitrogen and oxygen atoms in total. The Hall–Kier alpha value is -1.55. The Kier molecular flexibility index (Phi) is 4.73. The molecule has 98 valence electrons. The number of ether oxygens (including phenoxy) is 1. The zero-order valence-corrected chi connectivity index (χ0v) is 11.4. The van der Waals surface area contributed by atoms with Gasteiger partial charge in [-0.05, 0) is 31.5 Å². The van der Waals surface area contributed by atoms with Gasteiger partial charge in [0.15, 0.2) is 0 Å². The summed E-state index contributed by atoms with van der Waals surface area (Å²) in [5, 5.41) is 3.16. The standard InChI is InChI=1S/C13H16ClNO3/c1-13(2,9-4-6-10(14)7-5-9)12(17)15-8-11(16)18-3/h4-7H,8H2,1-3H3,(H,15,17). The van der Waals surface area contributed by atoms with Gasteiger partial charge in [-0.1, -0.05) is 23.7 Å². The van der Waals surface area contributed by atoms with E-state index < -0.39 is 11.4 Å². The van der Waals surface area contributed by atoms with Crippen molar-refractivity contribution in [1.82, 2.24) is 5.32 Å². The van der Waals surface area contributed by atoms with Crippen LogP contribution in [0.1, 0.15) is 19.4 Å². The Morgan fingerprint density at radius 2 is 1.83 bits per heavy atom. The lowest BCUT2D eigenvalue weighted by Crippen LogP contribution is -2.42. The molecule has 0 aliphatic heterocycles. The Bertz CT molecular complexity index is 440. The number of rotatable bonds is 4. The van der Waals surface area contributed by atoms with Crippen LogP contribution in [0.4, 0.5) is 0 Å².